The molecular formula is C45H36N4O3S. The molecule has 1 aliphatic heterocycles. The van der Waals surface area contributed by atoms with E-state index in [4.69, 9.17) is 9.73 Å². The number of aromatic nitrogens is 2. The molecule has 7 aromatic rings. The molecule has 0 saturated carbocycles. The van der Waals surface area contributed by atoms with Gasteiger partial charge >= 0.3 is 0 Å². The number of ether oxygens (including phenoxy) is 1. The molecule has 5 aromatic carbocycles. The summed E-state index contributed by atoms with van der Waals surface area (Å²) in [4.78, 5) is 34.3. The molecule has 0 spiro atoms. The summed E-state index contributed by atoms with van der Waals surface area (Å²) in [6, 6.07) is 49.1. The third kappa shape index (κ3) is 6.56. The number of nitrogens with one attached hydrogen (secondary N) is 1. The molecule has 8 heteroatoms. The van der Waals surface area contributed by atoms with Crippen LogP contribution in [0.4, 0.5) is 5.69 Å². The molecule has 3 heterocycles. The number of allylic oxidation sites excluding steroid dienone is 1. The lowest BCUT2D eigenvalue weighted by Crippen LogP contribution is -2.40. The van der Waals surface area contributed by atoms with Crippen LogP contribution in [0.1, 0.15) is 31.0 Å². The number of rotatable bonds is 9. The Kier molecular flexibility index (Phi) is 9.27. The highest BCUT2D eigenvalue weighted by atomic mass is 32.1. The Morgan fingerprint density at radius 1 is 0.811 bits per heavy atom. The number of thiazole rings is 1. The van der Waals surface area contributed by atoms with Crippen LogP contribution < -0.4 is 24.9 Å². The van der Waals surface area contributed by atoms with Crippen molar-refractivity contribution in [2.45, 2.75) is 19.9 Å². The maximum absolute atomic E-state index is 14.8. The van der Waals surface area contributed by atoms with E-state index in [2.05, 4.69) is 52.3 Å². The molecule has 1 N–H and O–H groups in total. The molecule has 0 radical (unpaired) electrons. The summed E-state index contributed by atoms with van der Waals surface area (Å²) in [5, 5.41) is 3.03. The molecular weight excluding hydrogens is 677 g/mol. The van der Waals surface area contributed by atoms with Gasteiger partial charge in [-0.1, -0.05) is 121 Å². The van der Waals surface area contributed by atoms with Gasteiger partial charge in [-0.3, -0.25) is 14.2 Å². The van der Waals surface area contributed by atoms with Crippen LogP contribution in [0.25, 0.3) is 34.3 Å². The predicted molar refractivity (Wildman–Crippen MR) is 213 cm³/mol. The summed E-state index contributed by atoms with van der Waals surface area (Å²) in [7, 11) is 0. The Morgan fingerprint density at radius 3 is 2.06 bits per heavy atom. The highest BCUT2D eigenvalue weighted by Crippen LogP contribution is 2.37. The van der Waals surface area contributed by atoms with Gasteiger partial charge in [-0.2, -0.15) is 0 Å². The van der Waals surface area contributed by atoms with E-state index in [-0.39, 0.29) is 11.5 Å². The highest BCUT2D eigenvalue weighted by Gasteiger charge is 2.33. The summed E-state index contributed by atoms with van der Waals surface area (Å²) in [5.41, 5.74) is 8.09. The van der Waals surface area contributed by atoms with Gasteiger partial charge in [0, 0.05) is 16.9 Å². The van der Waals surface area contributed by atoms with Crippen molar-refractivity contribution in [2.24, 2.45) is 4.99 Å². The Morgan fingerprint density at radius 2 is 1.42 bits per heavy atom. The first-order valence-corrected chi connectivity index (χ1v) is 18.4. The summed E-state index contributed by atoms with van der Waals surface area (Å²) < 4.78 is 10.2. The van der Waals surface area contributed by atoms with Crippen LogP contribution in [0.2, 0.25) is 0 Å². The highest BCUT2D eigenvalue weighted by molar-refractivity contribution is 7.07. The lowest BCUT2D eigenvalue weighted by Gasteiger charge is -2.25. The van der Waals surface area contributed by atoms with E-state index < -0.39 is 6.04 Å². The van der Waals surface area contributed by atoms with Gasteiger partial charge in [0.2, 0.25) is 0 Å². The fraction of sp³-hybridized carbons (Fsp3) is 0.0889. The zero-order valence-electron chi connectivity index (χ0n) is 29.3. The fourth-order valence-electron chi connectivity index (χ4n) is 6.90. The average molecular weight is 713 g/mol. The van der Waals surface area contributed by atoms with Crippen LogP contribution in [0.15, 0.2) is 173 Å². The van der Waals surface area contributed by atoms with E-state index >= 15 is 0 Å². The minimum Gasteiger partial charge on any atom is -0.494 e. The zero-order chi connectivity index (χ0) is 36.3. The Hall–Kier alpha value is -6.51. The van der Waals surface area contributed by atoms with Gasteiger partial charge in [0.05, 0.1) is 39.8 Å². The number of para-hydroxylation sites is 2. The maximum atomic E-state index is 14.8. The summed E-state index contributed by atoms with van der Waals surface area (Å²) in [5.74, 6) is 0.398. The molecule has 8 rings (SSSR count). The number of benzene rings is 5. The third-order valence-electron chi connectivity index (χ3n) is 9.25. The molecule has 1 atom stereocenters. The van der Waals surface area contributed by atoms with Crippen molar-refractivity contribution in [2.75, 3.05) is 11.9 Å². The molecule has 7 nitrogen and oxygen atoms in total. The van der Waals surface area contributed by atoms with E-state index in [0.717, 1.165) is 39.3 Å². The number of hydrogen-bond acceptors (Lipinski definition) is 5. The zero-order valence-corrected chi connectivity index (χ0v) is 30.1. The lowest BCUT2D eigenvalue weighted by molar-refractivity contribution is -0.113. The van der Waals surface area contributed by atoms with Crippen molar-refractivity contribution < 1.29 is 9.53 Å². The van der Waals surface area contributed by atoms with Crippen LogP contribution in [0.5, 0.6) is 5.75 Å². The second kappa shape index (κ2) is 14.6. The topological polar surface area (TPSA) is 77.6 Å². The van der Waals surface area contributed by atoms with Crippen LogP contribution in [0, 0.1) is 0 Å². The fourth-order valence-corrected chi connectivity index (χ4v) is 7.94. The van der Waals surface area contributed by atoms with Crippen LogP contribution >= 0.6 is 11.3 Å². The van der Waals surface area contributed by atoms with Gasteiger partial charge in [-0.25, -0.2) is 4.99 Å². The molecule has 53 heavy (non-hydrogen) atoms. The van der Waals surface area contributed by atoms with Gasteiger partial charge in [0.15, 0.2) is 4.80 Å². The number of fused-ring (bicyclic) bond motifs is 1. The number of hydrogen-bond donors (Lipinski definition) is 1. The molecule has 0 bridgehead atoms. The number of nitrogens with zero attached hydrogens (tertiary/aromatic N) is 3. The number of carbonyl (C=O) groups excluding carboxylic acids is 1. The number of anilines is 1. The van der Waals surface area contributed by atoms with E-state index in [1.807, 2.05) is 129 Å². The smallest absolute Gasteiger partial charge is 0.271 e. The first-order chi connectivity index (χ1) is 26.0. The Labute approximate surface area is 311 Å². The molecule has 260 valence electrons. The van der Waals surface area contributed by atoms with Crippen LogP contribution in [0.3, 0.4) is 0 Å². The molecule has 0 aliphatic carbocycles. The summed E-state index contributed by atoms with van der Waals surface area (Å²) >= 11 is 1.33. The van der Waals surface area contributed by atoms with E-state index in [0.29, 0.717) is 38.6 Å². The first-order valence-electron chi connectivity index (χ1n) is 17.5. The van der Waals surface area contributed by atoms with Crippen LogP contribution in [-0.2, 0) is 4.79 Å². The number of amides is 1. The third-order valence-corrected chi connectivity index (χ3v) is 10.2. The molecule has 2 aromatic heterocycles. The number of carbonyl (C=O) groups is 1. The van der Waals surface area contributed by atoms with Crippen molar-refractivity contribution in [1.29, 1.82) is 0 Å². The average Bonchev–Trinajstić information content (AvgIpc) is 3.72. The largest absolute Gasteiger partial charge is 0.494 e. The van der Waals surface area contributed by atoms with Gasteiger partial charge < -0.3 is 14.6 Å². The van der Waals surface area contributed by atoms with Crippen molar-refractivity contribution in [1.82, 2.24) is 9.13 Å². The standard InChI is InChI=1S/C45H36N4O3S/c1-3-52-37-26-24-33(25-27-37)42-40(43(50)47-35-20-12-6-13-21-35)30(2)46-45-49(42)44(51)39(53-45)29-34-28-38(31-16-8-4-9-17-31)48(36-22-14-7-15-23-36)41(34)32-18-10-5-11-19-32/h4-29,42H,3H2,1-2H3,(H,47,50)/b39-29-/t42-/m1/s1. The van der Waals surface area contributed by atoms with E-state index in [1.54, 1.807) is 4.57 Å². The second-order valence-electron chi connectivity index (χ2n) is 12.6. The van der Waals surface area contributed by atoms with Crippen molar-refractivity contribution in [3.63, 3.8) is 0 Å². The monoisotopic (exact) mass is 712 g/mol. The van der Waals surface area contributed by atoms with Crippen molar-refractivity contribution in [3.05, 3.63) is 194 Å². The minimum absolute atomic E-state index is 0.224. The quantitative estimate of drug-likeness (QED) is 0.163. The molecule has 0 saturated heterocycles. The second-order valence-corrected chi connectivity index (χ2v) is 13.6. The van der Waals surface area contributed by atoms with Gasteiger partial charge in [-0.15, -0.1) is 0 Å². The van der Waals surface area contributed by atoms with Gasteiger partial charge in [0.1, 0.15) is 5.75 Å². The van der Waals surface area contributed by atoms with Crippen molar-refractivity contribution in [3.8, 4) is 34.0 Å². The molecule has 0 fully saturated rings. The Bertz CT molecular complexity index is 2630. The summed E-state index contributed by atoms with van der Waals surface area (Å²) in [6.45, 7) is 4.30. The first kappa shape index (κ1) is 33.6. The predicted octanol–water partition coefficient (Wildman–Crippen LogP) is 8.40. The van der Waals surface area contributed by atoms with E-state index in [1.165, 1.54) is 11.3 Å². The SMILES string of the molecule is CCOc1ccc([C@@H]2C(C(=O)Nc3ccccc3)=C(C)N=c3s/c(=C\c4cc(-c5ccccc5)n(-c5ccccc5)c4-c4ccccc4)c(=O)n32)cc1. The molecule has 1 aliphatic rings. The van der Waals surface area contributed by atoms with Crippen molar-refractivity contribution >= 4 is 29.0 Å². The van der Waals surface area contributed by atoms with Gasteiger partial charge in [-0.05, 0) is 79.1 Å². The van der Waals surface area contributed by atoms with E-state index in [9.17, 15) is 9.59 Å². The minimum atomic E-state index is -0.713. The normalized spacial score (nSPS) is 14.1. The Balaban J connectivity index is 1.34. The molecule has 1 amide bonds. The van der Waals surface area contributed by atoms with Crippen LogP contribution in [-0.4, -0.2) is 21.6 Å². The molecule has 0 unspecified atom stereocenters. The maximum Gasteiger partial charge on any atom is 0.271 e. The summed E-state index contributed by atoms with van der Waals surface area (Å²) in [6.07, 6.45) is 1.97. The van der Waals surface area contributed by atoms with Gasteiger partial charge in [0.25, 0.3) is 11.5 Å². The lowest BCUT2D eigenvalue weighted by atomic mass is 9.95.